The van der Waals surface area contributed by atoms with Crippen LogP contribution in [0.3, 0.4) is 0 Å². The lowest BCUT2D eigenvalue weighted by atomic mass is 9.95. The Morgan fingerprint density at radius 1 is 0.657 bits per heavy atom. The number of halogens is 3. The Hall–Kier alpha value is -3.90. The Bertz CT molecular complexity index is 1830. The van der Waals surface area contributed by atoms with Crippen molar-refractivity contribution >= 4 is 18.1 Å². The second-order valence-electron chi connectivity index (χ2n) is 21.4. The van der Waals surface area contributed by atoms with Gasteiger partial charge in [0.05, 0.1) is 85.4 Å². The van der Waals surface area contributed by atoms with Crippen LogP contribution in [0, 0.1) is 0 Å². The number of aromatic nitrogens is 3. The summed E-state index contributed by atoms with van der Waals surface area (Å²) in [6.45, 7) is 25.3. The highest BCUT2D eigenvalue weighted by atomic mass is 19.4. The van der Waals surface area contributed by atoms with Crippen LogP contribution >= 0.6 is 0 Å². The standard InChI is InChI=1S/C48H83F3N8O11/c1-42(2,15-21-52)64-26-19-46(9,10)69-40(61)55-29-34(30-56-41(62)70-47(11,12)20-27-65-43(3,4)16-22-53)63-32-33-31-59(58-57-33)24-28-67-45(7,8)18-25-66-44(5,6)17-23-54-39(60)37-35-13-14-36(68-35)38(37)48(49,50)51/h13-14,31,34-36H,15-30,32,52-53H2,1-12H3,(H,54,60)(H,55,61)(H,56,62). The van der Waals surface area contributed by atoms with Crippen molar-refractivity contribution in [1.82, 2.24) is 30.9 Å². The minimum Gasteiger partial charge on any atom is -0.443 e. The van der Waals surface area contributed by atoms with Gasteiger partial charge < -0.3 is 65.3 Å². The fraction of sp³-hybridized carbons (Fsp3) is 0.812. The van der Waals surface area contributed by atoms with E-state index in [9.17, 15) is 27.6 Å². The lowest BCUT2D eigenvalue weighted by Crippen LogP contribution is -2.45. The van der Waals surface area contributed by atoms with E-state index in [1.54, 1.807) is 38.6 Å². The maximum absolute atomic E-state index is 13.6. The highest BCUT2D eigenvalue weighted by Gasteiger charge is 2.51. The third-order valence-electron chi connectivity index (χ3n) is 11.8. The van der Waals surface area contributed by atoms with Crippen LogP contribution in [0.15, 0.2) is 29.5 Å². The number of carbonyl (C=O) groups excluding carboxylic acids is 3. The van der Waals surface area contributed by atoms with E-state index >= 15 is 0 Å². The van der Waals surface area contributed by atoms with Crippen LogP contribution in [0.25, 0.3) is 0 Å². The van der Waals surface area contributed by atoms with Gasteiger partial charge in [0, 0.05) is 32.5 Å². The van der Waals surface area contributed by atoms with Gasteiger partial charge >= 0.3 is 18.4 Å². The van der Waals surface area contributed by atoms with Gasteiger partial charge in [-0.2, -0.15) is 13.2 Å². The van der Waals surface area contributed by atoms with E-state index < -0.39 is 87.3 Å². The number of alkyl halides is 3. The van der Waals surface area contributed by atoms with Gasteiger partial charge in [-0.3, -0.25) is 4.79 Å². The predicted molar refractivity (Wildman–Crippen MR) is 256 cm³/mol. The fourth-order valence-corrected chi connectivity index (χ4v) is 7.32. The van der Waals surface area contributed by atoms with E-state index in [4.69, 9.17) is 49.4 Å². The zero-order valence-electron chi connectivity index (χ0n) is 43.6. The number of rotatable bonds is 33. The number of carbonyl (C=O) groups is 3. The first-order valence-corrected chi connectivity index (χ1v) is 24.2. The summed E-state index contributed by atoms with van der Waals surface area (Å²) in [5, 5.41) is 16.5. The molecule has 2 bridgehead atoms. The molecule has 0 aromatic carbocycles. The van der Waals surface area contributed by atoms with E-state index in [0.29, 0.717) is 90.3 Å². The van der Waals surface area contributed by atoms with Crippen molar-refractivity contribution in [1.29, 1.82) is 0 Å². The molecule has 0 saturated carbocycles. The van der Waals surface area contributed by atoms with E-state index in [1.165, 1.54) is 12.2 Å². The molecule has 0 fully saturated rings. The van der Waals surface area contributed by atoms with Gasteiger partial charge in [-0.1, -0.05) is 17.4 Å². The number of fused-ring (bicyclic) bond motifs is 2. The van der Waals surface area contributed by atoms with Gasteiger partial charge in [-0.25, -0.2) is 14.3 Å². The van der Waals surface area contributed by atoms with Crippen molar-refractivity contribution in [3.63, 3.8) is 0 Å². The number of alkyl carbamates (subject to hydrolysis) is 2. The van der Waals surface area contributed by atoms with E-state index in [-0.39, 0.29) is 26.2 Å². The number of hydrogen-bond donors (Lipinski definition) is 5. The second kappa shape index (κ2) is 26.2. The van der Waals surface area contributed by atoms with Crippen LogP contribution in [0.5, 0.6) is 0 Å². The van der Waals surface area contributed by atoms with Gasteiger partial charge in [-0.15, -0.1) is 5.10 Å². The lowest BCUT2D eigenvalue weighted by molar-refractivity contribution is -0.119. The van der Waals surface area contributed by atoms with Crippen LogP contribution < -0.4 is 27.4 Å². The average Bonchev–Trinajstić information content (AvgIpc) is 3.97. The molecule has 0 saturated heterocycles. The van der Waals surface area contributed by atoms with E-state index in [1.807, 2.05) is 55.4 Å². The minimum absolute atomic E-state index is 0.00329. The molecule has 402 valence electrons. The Kier molecular flexibility index (Phi) is 22.6. The normalized spacial score (nSPS) is 16.9. The molecule has 1 aromatic rings. The van der Waals surface area contributed by atoms with Crippen molar-refractivity contribution < 1.29 is 65.4 Å². The summed E-state index contributed by atoms with van der Waals surface area (Å²) in [6, 6.07) is 0. The summed E-state index contributed by atoms with van der Waals surface area (Å²) in [4.78, 5) is 38.7. The lowest BCUT2D eigenvalue weighted by Gasteiger charge is -2.30. The van der Waals surface area contributed by atoms with Crippen molar-refractivity contribution in [2.24, 2.45) is 11.5 Å². The predicted octanol–water partition coefficient (Wildman–Crippen LogP) is 5.92. The SMILES string of the molecule is CC(C)(CCN)OCCC(C)(C)OC(=O)NCC(CNC(=O)OC(C)(C)CCOC(C)(C)CCN)OCc1cn(CCOC(C)(C)CCOC(C)(C)CCNC(=O)C2=C(C(F)(F)F)C3C=CC2O3)nn1. The molecule has 3 amide bonds. The Morgan fingerprint density at radius 3 is 1.61 bits per heavy atom. The molecule has 2 aliphatic rings. The zero-order valence-corrected chi connectivity index (χ0v) is 43.6. The van der Waals surface area contributed by atoms with Gasteiger partial charge in [-0.05, 0) is 122 Å². The molecule has 0 spiro atoms. The molecule has 3 heterocycles. The summed E-state index contributed by atoms with van der Waals surface area (Å²) in [7, 11) is 0. The molecule has 22 heteroatoms. The second-order valence-corrected chi connectivity index (χ2v) is 21.4. The smallest absolute Gasteiger partial charge is 0.416 e. The van der Waals surface area contributed by atoms with Crippen LogP contribution in [0.1, 0.15) is 127 Å². The summed E-state index contributed by atoms with van der Waals surface area (Å²) in [5.41, 5.74) is 6.79. The fourth-order valence-electron chi connectivity index (χ4n) is 7.32. The van der Waals surface area contributed by atoms with Crippen molar-refractivity contribution in [2.75, 3.05) is 59.2 Å². The Balaban J connectivity index is 1.48. The Morgan fingerprint density at radius 2 is 1.11 bits per heavy atom. The van der Waals surface area contributed by atoms with E-state index in [0.717, 1.165) is 0 Å². The number of nitrogens with zero attached hydrogens (tertiary/aromatic N) is 3. The molecule has 0 aliphatic carbocycles. The van der Waals surface area contributed by atoms with Gasteiger partial charge in [0.1, 0.15) is 29.1 Å². The number of nitrogens with two attached hydrogens (primary N) is 2. The van der Waals surface area contributed by atoms with Crippen molar-refractivity contribution in [3.05, 3.63) is 35.2 Å². The van der Waals surface area contributed by atoms with E-state index in [2.05, 4.69) is 26.3 Å². The molecule has 2 aliphatic heterocycles. The quantitative estimate of drug-likeness (QED) is 0.0513. The highest BCUT2D eigenvalue weighted by molar-refractivity contribution is 5.97. The molecule has 1 aromatic heterocycles. The average molecular weight is 1010 g/mol. The maximum atomic E-state index is 13.6. The summed E-state index contributed by atoms with van der Waals surface area (Å²) < 4.78 is 89.5. The van der Waals surface area contributed by atoms with Gasteiger partial charge in [0.25, 0.3) is 5.91 Å². The third kappa shape index (κ3) is 22.3. The first-order valence-electron chi connectivity index (χ1n) is 24.2. The zero-order chi connectivity index (χ0) is 52.6. The number of ether oxygens (including phenoxy) is 8. The monoisotopic (exact) mass is 1000 g/mol. The van der Waals surface area contributed by atoms with Crippen LogP contribution in [-0.4, -0.2) is 150 Å². The summed E-state index contributed by atoms with van der Waals surface area (Å²) in [6.07, 6.45) is -1.34. The van der Waals surface area contributed by atoms with Crippen LogP contribution in [0.4, 0.5) is 22.8 Å². The minimum atomic E-state index is -4.67. The van der Waals surface area contributed by atoms with Crippen molar-refractivity contribution in [2.45, 2.75) is 193 Å². The first kappa shape index (κ1) is 60.4. The van der Waals surface area contributed by atoms with Gasteiger partial charge in [0.2, 0.25) is 0 Å². The first-order chi connectivity index (χ1) is 32.4. The molecule has 19 nitrogen and oxygen atoms in total. The molecule has 70 heavy (non-hydrogen) atoms. The van der Waals surface area contributed by atoms with Crippen molar-refractivity contribution in [3.8, 4) is 0 Å². The third-order valence-corrected chi connectivity index (χ3v) is 11.8. The molecule has 2 unspecified atom stereocenters. The Labute approximate surface area is 412 Å². The summed E-state index contributed by atoms with van der Waals surface area (Å²) in [5.74, 6) is -0.799. The largest absolute Gasteiger partial charge is 0.443 e. The number of nitrogens with one attached hydrogen (secondary N) is 3. The topological polar surface area (TPSA) is 244 Å². The molecule has 3 rings (SSSR count). The molecular formula is C48H83F3N8O11. The number of amides is 3. The summed E-state index contributed by atoms with van der Waals surface area (Å²) >= 11 is 0. The molecule has 2 atom stereocenters. The van der Waals surface area contributed by atoms with Gasteiger partial charge in [0.15, 0.2) is 0 Å². The van der Waals surface area contributed by atoms with Crippen LogP contribution in [0.2, 0.25) is 0 Å². The molecule has 7 N–H and O–H groups in total. The molecular weight excluding hydrogens is 922 g/mol. The maximum Gasteiger partial charge on any atom is 0.416 e. The highest BCUT2D eigenvalue weighted by Crippen LogP contribution is 2.43. The number of hydrogen-bond acceptors (Lipinski definition) is 15. The molecule has 0 radical (unpaired) electrons. The van der Waals surface area contributed by atoms with Crippen LogP contribution in [-0.2, 0) is 55.8 Å².